The minimum absolute atomic E-state index is 0.0796. The summed E-state index contributed by atoms with van der Waals surface area (Å²) in [5.74, 6) is -0.250. The number of benzene rings is 2. The third-order valence-electron chi connectivity index (χ3n) is 9.87. The van der Waals surface area contributed by atoms with Gasteiger partial charge in [0.2, 0.25) is 15.9 Å². The molecule has 2 saturated heterocycles. The monoisotopic (exact) mass is 676 g/mol. The Morgan fingerprint density at radius 1 is 1.04 bits per heavy atom. The molecule has 13 heteroatoms. The number of rotatable bonds is 7. The summed E-state index contributed by atoms with van der Waals surface area (Å²) in [5, 5.41) is 3.07. The van der Waals surface area contributed by atoms with E-state index in [9.17, 15) is 22.8 Å². The molecule has 12 nitrogen and oxygen atoms in total. The van der Waals surface area contributed by atoms with Crippen molar-refractivity contribution in [2.75, 3.05) is 20.3 Å². The number of hydrogen-bond donors (Lipinski definition) is 2. The van der Waals surface area contributed by atoms with Gasteiger partial charge in [-0.15, -0.1) is 0 Å². The van der Waals surface area contributed by atoms with E-state index in [1.807, 2.05) is 54.6 Å². The molecule has 1 aromatic heterocycles. The van der Waals surface area contributed by atoms with E-state index in [0.717, 1.165) is 30.2 Å². The summed E-state index contributed by atoms with van der Waals surface area (Å²) in [5.41, 5.74) is 0.898. The molecular weight excluding hydrogens is 636 g/mol. The number of hydrogen-bond acceptors (Lipinski definition) is 9. The Balaban J connectivity index is 1.17. The predicted octanol–water partition coefficient (Wildman–Crippen LogP) is 4.32. The van der Waals surface area contributed by atoms with Gasteiger partial charge in [0.15, 0.2) is 0 Å². The number of aromatic nitrogens is 1. The van der Waals surface area contributed by atoms with Gasteiger partial charge in [0.1, 0.15) is 29.2 Å². The normalized spacial score (nSPS) is 26.4. The van der Waals surface area contributed by atoms with Crippen molar-refractivity contribution in [3.05, 3.63) is 54.6 Å². The Hall–Kier alpha value is -4.39. The zero-order valence-electron chi connectivity index (χ0n) is 26.9. The Kier molecular flexibility index (Phi) is 8.65. The topological polar surface area (TPSA) is 153 Å². The lowest BCUT2D eigenvalue weighted by atomic mass is 10.0. The van der Waals surface area contributed by atoms with Crippen molar-refractivity contribution in [3.63, 3.8) is 0 Å². The number of carbonyl (C=O) groups excluding carboxylic acids is 3. The predicted molar refractivity (Wildman–Crippen MR) is 177 cm³/mol. The van der Waals surface area contributed by atoms with Crippen LogP contribution in [-0.2, 0) is 24.3 Å². The molecule has 0 spiro atoms. The molecule has 3 aromatic rings. The highest BCUT2D eigenvalue weighted by Crippen LogP contribution is 2.48. The van der Waals surface area contributed by atoms with Gasteiger partial charge in [-0.05, 0) is 50.2 Å². The van der Waals surface area contributed by atoms with Crippen LogP contribution in [0.4, 0.5) is 4.79 Å². The molecular formula is C35H40N4O8S. The lowest BCUT2D eigenvalue weighted by Gasteiger charge is -2.26. The quantitative estimate of drug-likeness (QED) is 0.373. The second-order valence-corrected chi connectivity index (χ2v) is 15.2. The fourth-order valence-corrected chi connectivity index (χ4v) is 8.27. The van der Waals surface area contributed by atoms with Crippen LogP contribution < -0.4 is 19.5 Å². The molecule has 0 bridgehead atoms. The van der Waals surface area contributed by atoms with Gasteiger partial charge in [0.05, 0.1) is 36.7 Å². The third kappa shape index (κ3) is 6.52. The van der Waals surface area contributed by atoms with Crippen molar-refractivity contribution in [1.29, 1.82) is 0 Å². The molecule has 4 atom stereocenters. The fourth-order valence-electron chi connectivity index (χ4n) is 6.91. The van der Waals surface area contributed by atoms with Crippen molar-refractivity contribution < 1.29 is 37.0 Å². The molecule has 0 radical (unpaired) electrons. The molecule has 2 saturated carbocycles. The number of ether oxygens (including phenoxy) is 3. The molecule has 4 fully saturated rings. The number of methoxy groups -OCH3 is 1. The zero-order valence-corrected chi connectivity index (χ0v) is 27.7. The van der Waals surface area contributed by atoms with E-state index in [2.05, 4.69) is 10.0 Å². The van der Waals surface area contributed by atoms with Gasteiger partial charge in [-0.25, -0.2) is 18.2 Å². The number of carbonyl (C=O) groups is 3. The fraction of sp³-hybridized carbons (Fsp3) is 0.486. The maximum atomic E-state index is 14.0. The van der Waals surface area contributed by atoms with Gasteiger partial charge in [-0.2, -0.15) is 0 Å². The lowest BCUT2D eigenvalue weighted by Crippen LogP contribution is -2.56. The smallest absolute Gasteiger partial charge is 0.410 e. The Morgan fingerprint density at radius 2 is 1.83 bits per heavy atom. The van der Waals surface area contributed by atoms with Crippen LogP contribution in [-0.4, -0.2) is 79.4 Å². The number of cyclic esters (lactones) is 1. The first kappa shape index (κ1) is 32.2. The average Bonchev–Trinajstić information content (AvgIpc) is 4.01. The minimum atomic E-state index is -3.81. The van der Waals surface area contributed by atoms with Crippen LogP contribution in [0.3, 0.4) is 0 Å². The van der Waals surface area contributed by atoms with Gasteiger partial charge in [0.25, 0.3) is 5.91 Å². The van der Waals surface area contributed by atoms with E-state index in [1.165, 1.54) is 4.90 Å². The van der Waals surface area contributed by atoms with E-state index in [1.54, 1.807) is 7.11 Å². The van der Waals surface area contributed by atoms with Crippen LogP contribution in [0.2, 0.25) is 0 Å². The van der Waals surface area contributed by atoms with Crippen LogP contribution in [0.25, 0.3) is 22.2 Å². The van der Waals surface area contributed by atoms with Crippen molar-refractivity contribution in [2.45, 2.75) is 80.7 Å². The number of nitrogens with one attached hydrogen (secondary N) is 2. The van der Waals surface area contributed by atoms with E-state index in [0.29, 0.717) is 54.8 Å². The van der Waals surface area contributed by atoms with Gasteiger partial charge in [-0.3, -0.25) is 19.2 Å². The van der Waals surface area contributed by atoms with Crippen molar-refractivity contribution in [3.8, 4) is 22.8 Å². The molecule has 4 aliphatic rings. The highest BCUT2D eigenvalue weighted by Gasteiger charge is 2.62. The third-order valence-corrected chi connectivity index (χ3v) is 11.7. The summed E-state index contributed by atoms with van der Waals surface area (Å²) in [7, 11) is -2.22. The standard InChI is InChI=1S/C35H40N4O8S/c1-45-24-12-15-27-29(17-24)36-28(22-9-5-4-6-10-22)19-31(27)47-25-18-30-32(40)37-35(33(41)38-48(43,44)26-13-14-26)20-23(35)11-7-2-3-8-16-46-34(42)39(30)21-25/h4-6,9-10,12,15,17,19,23,25-26,30H,2-3,7-8,11,13-14,16,18,20-21H2,1H3,(H,37,40)(H,38,41)/t23-,25-,30+,35-/m1/s1. The van der Waals surface area contributed by atoms with E-state index >= 15 is 0 Å². The summed E-state index contributed by atoms with van der Waals surface area (Å²) in [6.07, 6.45) is 4.20. The minimum Gasteiger partial charge on any atom is -0.497 e. The number of sulfonamides is 1. The summed E-state index contributed by atoms with van der Waals surface area (Å²) < 4.78 is 45.3. The van der Waals surface area contributed by atoms with Gasteiger partial charge in [-0.1, -0.05) is 49.6 Å². The maximum Gasteiger partial charge on any atom is 0.410 e. The van der Waals surface area contributed by atoms with E-state index < -0.39 is 50.9 Å². The first-order valence-electron chi connectivity index (χ1n) is 16.7. The molecule has 2 N–H and O–H groups in total. The molecule has 2 aliphatic carbocycles. The van der Waals surface area contributed by atoms with Crippen molar-refractivity contribution in [2.24, 2.45) is 5.92 Å². The first-order valence-corrected chi connectivity index (χ1v) is 18.2. The second kappa shape index (κ2) is 12.9. The number of nitrogens with zero attached hydrogens (tertiary/aromatic N) is 2. The molecule has 2 aliphatic heterocycles. The Labute approximate surface area is 279 Å². The van der Waals surface area contributed by atoms with Crippen LogP contribution in [0, 0.1) is 5.92 Å². The molecule has 3 amide bonds. The Bertz CT molecular complexity index is 1830. The second-order valence-electron chi connectivity index (χ2n) is 13.3. The van der Waals surface area contributed by atoms with Crippen LogP contribution >= 0.6 is 0 Å². The van der Waals surface area contributed by atoms with Crippen LogP contribution in [0.15, 0.2) is 54.6 Å². The maximum absolute atomic E-state index is 14.0. The Morgan fingerprint density at radius 3 is 2.60 bits per heavy atom. The molecule has 254 valence electrons. The summed E-state index contributed by atoms with van der Waals surface area (Å²) >= 11 is 0. The van der Waals surface area contributed by atoms with Gasteiger partial charge < -0.3 is 19.5 Å². The first-order chi connectivity index (χ1) is 23.2. The van der Waals surface area contributed by atoms with Crippen molar-refractivity contribution >= 4 is 38.8 Å². The van der Waals surface area contributed by atoms with Gasteiger partial charge >= 0.3 is 6.09 Å². The summed E-state index contributed by atoms with van der Waals surface area (Å²) in [6.45, 7) is 0.317. The lowest BCUT2D eigenvalue weighted by molar-refractivity contribution is -0.131. The van der Waals surface area contributed by atoms with E-state index in [4.69, 9.17) is 19.2 Å². The highest BCUT2D eigenvalue weighted by molar-refractivity contribution is 7.91. The number of pyridine rings is 1. The molecule has 7 rings (SSSR count). The number of amides is 3. The molecule has 0 unspecified atom stereocenters. The van der Waals surface area contributed by atoms with Crippen molar-refractivity contribution in [1.82, 2.24) is 19.9 Å². The zero-order chi connectivity index (χ0) is 33.5. The number of fused-ring (bicyclic) bond motifs is 3. The summed E-state index contributed by atoms with van der Waals surface area (Å²) in [6, 6.07) is 16.1. The molecule has 3 heterocycles. The van der Waals surface area contributed by atoms with Crippen LogP contribution in [0.5, 0.6) is 11.5 Å². The van der Waals surface area contributed by atoms with Gasteiger partial charge in [0, 0.05) is 29.5 Å². The van der Waals surface area contributed by atoms with E-state index in [-0.39, 0.29) is 25.5 Å². The average molecular weight is 677 g/mol. The van der Waals surface area contributed by atoms with Crippen LogP contribution in [0.1, 0.15) is 57.8 Å². The molecule has 48 heavy (non-hydrogen) atoms. The largest absolute Gasteiger partial charge is 0.497 e. The summed E-state index contributed by atoms with van der Waals surface area (Å²) in [4.78, 5) is 47.2. The highest BCUT2D eigenvalue weighted by atomic mass is 32.2. The molecule has 2 aromatic carbocycles. The SMILES string of the molecule is COc1ccc2c(O[C@@H]3C[C@H]4C(=O)N[C@]5(C(=O)NS(=O)(=O)C6CC6)C[C@H]5CCCCCCOC(=O)N4C3)cc(-c3ccccc3)nc2c1.